The molecule has 0 aliphatic carbocycles. The van der Waals surface area contributed by atoms with Gasteiger partial charge in [0.2, 0.25) is 5.91 Å². The van der Waals surface area contributed by atoms with E-state index in [0.29, 0.717) is 19.4 Å². The van der Waals surface area contributed by atoms with E-state index >= 15 is 0 Å². The van der Waals surface area contributed by atoms with Gasteiger partial charge in [-0.05, 0) is 25.3 Å². The second-order valence-electron chi connectivity index (χ2n) is 6.56. The smallest absolute Gasteiger partial charge is 0.328 e. The molecule has 0 bridgehead atoms. The highest BCUT2D eigenvalue weighted by atomic mass is 16.5. The highest BCUT2D eigenvalue weighted by Crippen LogP contribution is 2.07. The van der Waals surface area contributed by atoms with Crippen molar-refractivity contribution < 1.29 is 14.3 Å². The lowest BCUT2D eigenvalue weighted by molar-refractivity contribution is -0.147. The quantitative estimate of drug-likeness (QED) is 0.424. The van der Waals surface area contributed by atoms with Gasteiger partial charge in [-0.2, -0.15) is 0 Å². The summed E-state index contributed by atoms with van der Waals surface area (Å²) in [4.78, 5) is 23.8. The fraction of sp³-hybridized carbons (Fsp3) is 0.619. The Bertz CT molecular complexity index is 487. The molecule has 0 aliphatic heterocycles. The van der Waals surface area contributed by atoms with Gasteiger partial charge in [-0.1, -0.05) is 75.8 Å². The molecule has 1 amide bonds. The number of hydrogen-bond donors (Lipinski definition) is 1. The number of carbonyl (C=O) groups is 2. The lowest BCUT2D eigenvalue weighted by Crippen LogP contribution is -2.39. The predicted molar refractivity (Wildman–Crippen MR) is 101 cm³/mol. The molecule has 0 fully saturated rings. The number of esters is 1. The number of amides is 1. The molecule has 0 aromatic heterocycles. The summed E-state index contributed by atoms with van der Waals surface area (Å²) in [6.45, 7) is 4.32. The summed E-state index contributed by atoms with van der Waals surface area (Å²) in [6, 6.07) is 9.26. The fourth-order valence-electron chi connectivity index (χ4n) is 2.63. The number of aryl methyl sites for hydroxylation is 1. The molecule has 0 spiro atoms. The van der Waals surface area contributed by atoms with E-state index in [2.05, 4.69) is 12.2 Å². The SMILES string of the molecule is CCCCCCCCCOC(=O)[C@H](C)NC(=O)CCc1ccccc1. The summed E-state index contributed by atoms with van der Waals surface area (Å²) >= 11 is 0. The molecule has 1 atom stereocenters. The zero-order chi connectivity index (χ0) is 18.3. The summed E-state index contributed by atoms with van der Waals surface area (Å²) in [5, 5.41) is 2.71. The zero-order valence-electron chi connectivity index (χ0n) is 15.8. The van der Waals surface area contributed by atoms with Crippen molar-refractivity contribution in [3.63, 3.8) is 0 Å². The molecule has 0 aliphatic rings. The minimum Gasteiger partial charge on any atom is -0.464 e. The summed E-state index contributed by atoms with van der Waals surface area (Å²) in [5.41, 5.74) is 1.12. The Kier molecular flexibility index (Phi) is 11.4. The number of carbonyl (C=O) groups excluding carboxylic acids is 2. The van der Waals surface area contributed by atoms with Crippen molar-refractivity contribution in [2.75, 3.05) is 6.61 Å². The Hall–Kier alpha value is -1.84. The zero-order valence-corrected chi connectivity index (χ0v) is 15.8. The van der Waals surface area contributed by atoms with E-state index < -0.39 is 6.04 Å². The van der Waals surface area contributed by atoms with Crippen LogP contribution < -0.4 is 5.32 Å². The maximum Gasteiger partial charge on any atom is 0.328 e. The normalized spacial score (nSPS) is 11.8. The molecule has 4 nitrogen and oxygen atoms in total. The van der Waals surface area contributed by atoms with Crippen LogP contribution in [0.4, 0.5) is 0 Å². The third kappa shape index (κ3) is 10.6. The average molecular weight is 347 g/mol. The number of hydrogen-bond acceptors (Lipinski definition) is 3. The third-order valence-corrected chi connectivity index (χ3v) is 4.21. The van der Waals surface area contributed by atoms with E-state index in [1.165, 1.54) is 32.1 Å². The first kappa shape index (κ1) is 21.2. The largest absolute Gasteiger partial charge is 0.464 e. The average Bonchev–Trinajstić information content (AvgIpc) is 2.62. The Balaban J connectivity index is 2.07. The summed E-state index contributed by atoms with van der Waals surface area (Å²) < 4.78 is 5.24. The fourth-order valence-corrected chi connectivity index (χ4v) is 2.63. The van der Waals surface area contributed by atoms with Crippen molar-refractivity contribution >= 4 is 11.9 Å². The summed E-state index contributed by atoms with van der Waals surface area (Å²) in [5.74, 6) is -0.469. The summed E-state index contributed by atoms with van der Waals surface area (Å²) in [7, 11) is 0. The Morgan fingerprint density at radius 1 is 1.00 bits per heavy atom. The number of benzene rings is 1. The molecule has 1 aromatic carbocycles. The van der Waals surface area contributed by atoms with Gasteiger partial charge >= 0.3 is 5.97 Å². The van der Waals surface area contributed by atoms with Gasteiger partial charge < -0.3 is 10.1 Å². The van der Waals surface area contributed by atoms with Gasteiger partial charge in [0.05, 0.1) is 6.61 Å². The van der Waals surface area contributed by atoms with Crippen LogP contribution in [0.25, 0.3) is 0 Å². The van der Waals surface area contributed by atoms with Crippen molar-refractivity contribution in [2.45, 2.75) is 77.7 Å². The van der Waals surface area contributed by atoms with E-state index in [0.717, 1.165) is 18.4 Å². The van der Waals surface area contributed by atoms with E-state index in [4.69, 9.17) is 4.74 Å². The van der Waals surface area contributed by atoms with Crippen LogP contribution in [0.2, 0.25) is 0 Å². The van der Waals surface area contributed by atoms with Gasteiger partial charge in [-0.15, -0.1) is 0 Å². The summed E-state index contributed by atoms with van der Waals surface area (Å²) in [6.07, 6.45) is 9.34. The highest BCUT2D eigenvalue weighted by Gasteiger charge is 2.16. The van der Waals surface area contributed by atoms with Crippen LogP contribution in [0, 0.1) is 0 Å². The molecule has 1 N–H and O–H groups in total. The van der Waals surface area contributed by atoms with Crippen LogP contribution in [-0.4, -0.2) is 24.5 Å². The van der Waals surface area contributed by atoms with E-state index in [1.54, 1.807) is 6.92 Å². The molecular formula is C21H33NO3. The first-order valence-corrected chi connectivity index (χ1v) is 9.63. The third-order valence-electron chi connectivity index (χ3n) is 4.21. The lowest BCUT2D eigenvalue weighted by atomic mass is 10.1. The van der Waals surface area contributed by atoms with Crippen LogP contribution >= 0.6 is 0 Å². The molecular weight excluding hydrogens is 314 g/mol. The first-order valence-electron chi connectivity index (χ1n) is 9.63. The molecule has 0 heterocycles. The van der Waals surface area contributed by atoms with Gasteiger partial charge in [0.25, 0.3) is 0 Å². The van der Waals surface area contributed by atoms with Crippen LogP contribution in [0.15, 0.2) is 30.3 Å². The first-order chi connectivity index (χ1) is 12.1. The Morgan fingerprint density at radius 2 is 1.64 bits per heavy atom. The monoisotopic (exact) mass is 347 g/mol. The van der Waals surface area contributed by atoms with Crippen molar-refractivity contribution in [3.8, 4) is 0 Å². The maximum absolute atomic E-state index is 11.9. The van der Waals surface area contributed by atoms with Crippen LogP contribution in [-0.2, 0) is 20.7 Å². The second-order valence-corrected chi connectivity index (χ2v) is 6.56. The number of unbranched alkanes of at least 4 members (excludes halogenated alkanes) is 6. The van der Waals surface area contributed by atoms with Gasteiger partial charge in [0.1, 0.15) is 6.04 Å². The van der Waals surface area contributed by atoms with Crippen molar-refractivity contribution in [3.05, 3.63) is 35.9 Å². The number of rotatable bonds is 13. The van der Waals surface area contributed by atoms with Crippen molar-refractivity contribution in [1.29, 1.82) is 0 Å². The molecule has 0 radical (unpaired) electrons. The van der Waals surface area contributed by atoms with Gasteiger partial charge in [0, 0.05) is 6.42 Å². The maximum atomic E-state index is 11.9. The van der Waals surface area contributed by atoms with Crippen LogP contribution in [0.5, 0.6) is 0 Å². The number of nitrogens with one attached hydrogen (secondary N) is 1. The second kappa shape index (κ2) is 13.5. The van der Waals surface area contributed by atoms with E-state index in [-0.39, 0.29) is 11.9 Å². The molecule has 1 aromatic rings. The van der Waals surface area contributed by atoms with Crippen molar-refractivity contribution in [1.82, 2.24) is 5.32 Å². The minimum absolute atomic E-state index is 0.121. The molecule has 140 valence electrons. The molecule has 0 saturated carbocycles. The molecule has 0 unspecified atom stereocenters. The van der Waals surface area contributed by atoms with Gasteiger partial charge in [-0.3, -0.25) is 4.79 Å². The molecule has 25 heavy (non-hydrogen) atoms. The Labute approximate surface area is 152 Å². The van der Waals surface area contributed by atoms with Gasteiger partial charge in [0.15, 0.2) is 0 Å². The minimum atomic E-state index is -0.590. The van der Waals surface area contributed by atoms with Crippen molar-refractivity contribution in [2.24, 2.45) is 0 Å². The van der Waals surface area contributed by atoms with Crippen LogP contribution in [0.1, 0.15) is 70.8 Å². The highest BCUT2D eigenvalue weighted by molar-refractivity contribution is 5.84. The number of ether oxygens (including phenoxy) is 1. The molecule has 4 heteroatoms. The lowest BCUT2D eigenvalue weighted by Gasteiger charge is -2.13. The molecule has 0 saturated heterocycles. The predicted octanol–water partition coefficient (Wildman–Crippen LogP) is 4.42. The topological polar surface area (TPSA) is 55.4 Å². The standard InChI is InChI=1S/C21H33NO3/c1-3-4-5-6-7-8-12-17-25-21(24)18(2)22-20(23)16-15-19-13-10-9-11-14-19/h9-11,13-14,18H,3-8,12,15-17H2,1-2H3,(H,22,23)/t18-/m0/s1. The molecule has 1 rings (SSSR count). The Morgan fingerprint density at radius 3 is 2.32 bits per heavy atom. The van der Waals surface area contributed by atoms with Crippen LogP contribution in [0.3, 0.4) is 0 Å². The van der Waals surface area contributed by atoms with E-state index in [9.17, 15) is 9.59 Å². The van der Waals surface area contributed by atoms with E-state index in [1.807, 2.05) is 30.3 Å². The van der Waals surface area contributed by atoms with Gasteiger partial charge in [-0.25, -0.2) is 4.79 Å².